The summed E-state index contributed by atoms with van der Waals surface area (Å²) >= 11 is 6.25. The lowest BCUT2D eigenvalue weighted by molar-refractivity contribution is 0.0705. The molecule has 1 aliphatic rings. The standard InChI is InChI=1S/C35H33ClFN5O5/c1-44-31-12-9-23(13-33(31)46-3)17-42(25-10-11-28(37)27(36)14-25)34-26-15-30(32(45-2)16-29(26)38-21-39-34)40-24-18-41(19-24)35(43)47-20-22-7-5-4-6-8-22/h4-16,21,24,40H,17-20H2,1-3H3. The topological polar surface area (TPSA) is 98.3 Å². The van der Waals surface area contributed by atoms with Gasteiger partial charge in [0.1, 0.15) is 30.3 Å². The Morgan fingerprint density at radius 1 is 0.915 bits per heavy atom. The van der Waals surface area contributed by atoms with Gasteiger partial charge in [-0.25, -0.2) is 19.2 Å². The predicted molar refractivity (Wildman–Crippen MR) is 178 cm³/mol. The Hall–Kier alpha value is -5.29. The Labute approximate surface area is 276 Å². The Morgan fingerprint density at radius 3 is 2.40 bits per heavy atom. The van der Waals surface area contributed by atoms with Gasteiger partial charge < -0.3 is 34.1 Å². The number of nitrogens with zero attached hydrogens (tertiary/aromatic N) is 4. The number of halogens is 2. The monoisotopic (exact) mass is 657 g/mol. The Balaban J connectivity index is 1.28. The van der Waals surface area contributed by atoms with E-state index in [1.165, 1.54) is 12.4 Å². The van der Waals surface area contributed by atoms with Crippen molar-refractivity contribution in [3.8, 4) is 17.2 Å². The van der Waals surface area contributed by atoms with Crippen molar-refractivity contribution < 1.29 is 28.1 Å². The maximum Gasteiger partial charge on any atom is 0.410 e. The zero-order valence-corrected chi connectivity index (χ0v) is 26.8. The van der Waals surface area contributed by atoms with Crippen molar-refractivity contribution in [1.82, 2.24) is 14.9 Å². The number of benzene rings is 4. The number of ether oxygens (including phenoxy) is 4. The second-order valence-corrected chi connectivity index (χ2v) is 11.3. The molecule has 4 aromatic carbocycles. The van der Waals surface area contributed by atoms with Gasteiger partial charge in [-0.15, -0.1) is 0 Å². The number of nitrogens with one attached hydrogen (secondary N) is 1. The van der Waals surface area contributed by atoms with Crippen LogP contribution < -0.4 is 24.4 Å². The van der Waals surface area contributed by atoms with Gasteiger partial charge in [0.25, 0.3) is 0 Å². The highest BCUT2D eigenvalue weighted by molar-refractivity contribution is 6.31. The molecule has 0 radical (unpaired) electrons. The van der Waals surface area contributed by atoms with E-state index in [0.29, 0.717) is 59.6 Å². The van der Waals surface area contributed by atoms with E-state index in [-0.39, 0.29) is 23.8 Å². The fraction of sp³-hybridized carbons (Fsp3) is 0.229. The van der Waals surface area contributed by atoms with Crippen LogP contribution >= 0.6 is 11.6 Å². The minimum absolute atomic E-state index is 0.0148. The first-order valence-corrected chi connectivity index (χ1v) is 15.2. The summed E-state index contributed by atoms with van der Waals surface area (Å²) in [6.45, 7) is 1.49. The molecule has 0 saturated carbocycles. The molecule has 0 aliphatic carbocycles. The van der Waals surface area contributed by atoms with Crippen LogP contribution in [-0.4, -0.2) is 61.4 Å². The molecule has 1 saturated heterocycles. The maximum absolute atomic E-state index is 14.3. The van der Waals surface area contributed by atoms with Crippen LogP contribution in [0.3, 0.4) is 0 Å². The number of carbonyl (C=O) groups excluding carboxylic acids is 1. The second kappa shape index (κ2) is 14.0. The number of aromatic nitrogens is 2. The summed E-state index contributed by atoms with van der Waals surface area (Å²) in [5.74, 6) is 1.80. The predicted octanol–water partition coefficient (Wildman–Crippen LogP) is 7.22. The van der Waals surface area contributed by atoms with Crippen molar-refractivity contribution in [3.05, 3.63) is 107 Å². The molecule has 1 N–H and O–H groups in total. The van der Waals surface area contributed by atoms with E-state index in [0.717, 1.165) is 16.5 Å². The molecular weight excluding hydrogens is 625 g/mol. The van der Waals surface area contributed by atoms with Crippen molar-refractivity contribution in [2.24, 2.45) is 0 Å². The second-order valence-electron chi connectivity index (χ2n) is 10.9. The largest absolute Gasteiger partial charge is 0.495 e. The third kappa shape index (κ3) is 6.95. The number of hydrogen-bond acceptors (Lipinski definition) is 9. The van der Waals surface area contributed by atoms with Gasteiger partial charge in [0.05, 0.1) is 43.6 Å². The molecule has 0 bridgehead atoms. The lowest BCUT2D eigenvalue weighted by atomic mass is 10.1. The maximum atomic E-state index is 14.3. The molecule has 1 amide bonds. The fourth-order valence-electron chi connectivity index (χ4n) is 5.42. The number of carbonyl (C=O) groups is 1. The summed E-state index contributed by atoms with van der Waals surface area (Å²) in [4.78, 5) is 25.4. The van der Waals surface area contributed by atoms with Gasteiger partial charge in [0, 0.05) is 36.8 Å². The van der Waals surface area contributed by atoms with Gasteiger partial charge in [-0.3, -0.25) is 0 Å². The Bertz CT molecular complexity index is 1890. The van der Waals surface area contributed by atoms with E-state index in [2.05, 4.69) is 15.3 Å². The third-order valence-corrected chi connectivity index (χ3v) is 8.19. The van der Waals surface area contributed by atoms with Crippen molar-refractivity contribution in [2.75, 3.05) is 44.6 Å². The number of rotatable bonds is 11. The van der Waals surface area contributed by atoms with E-state index < -0.39 is 5.82 Å². The Morgan fingerprint density at radius 2 is 1.68 bits per heavy atom. The first-order chi connectivity index (χ1) is 22.9. The Kier molecular flexibility index (Phi) is 9.44. The molecule has 47 heavy (non-hydrogen) atoms. The van der Waals surface area contributed by atoms with Crippen LogP contribution in [0, 0.1) is 5.82 Å². The van der Waals surface area contributed by atoms with E-state index >= 15 is 0 Å². The first kappa shape index (κ1) is 31.7. The van der Waals surface area contributed by atoms with E-state index in [1.54, 1.807) is 38.4 Å². The summed E-state index contributed by atoms with van der Waals surface area (Å²) in [6.07, 6.45) is 1.11. The minimum atomic E-state index is -0.524. The van der Waals surface area contributed by atoms with Gasteiger partial charge >= 0.3 is 6.09 Å². The van der Waals surface area contributed by atoms with Crippen molar-refractivity contribution in [1.29, 1.82) is 0 Å². The van der Waals surface area contributed by atoms with E-state index in [9.17, 15) is 9.18 Å². The highest BCUT2D eigenvalue weighted by Gasteiger charge is 2.32. The summed E-state index contributed by atoms with van der Waals surface area (Å²) in [7, 11) is 4.75. The van der Waals surface area contributed by atoms with Crippen molar-refractivity contribution in [3.63, 3.8) is 0 Å². The summed E-state index contributed by atoms with van der Waals surface area (Å²) < 4.78 is 36.4. The van der Waals surface area contributed by atoms with Gasteiger partial charge in [-0.1, -0.05) is 48.0 Å². The van der Waals surface area contributed by atoms with Crippen LogP contribution in [0.2, 0.25) is 5.02 Å². The number of amides is 1. The SMILES string of the molecule is COc1cc2ncnc(N(Cc3ccc(OC)c(OC)c3)c3ccc(F)c(Cl)c3)c2cc1NC1CN(C(=O)OCc2ccccc2)C1. The molecule has 242 valence electrons. The number of anilines is 3. The van der Waals surface area contributed by atoms with Gasteiger partial charge in [0.2, 0.25) is 0 Å². The molecule has 12 heteroatoms. The molecule has 6 rings (SSSR count). The minimum Gasteiger partial charge on any atom is -0.495 e. The quantitative estimate of drug-likeness (QED) is 0.158. The molecule has 2 heterocycles. The van der Waals surface area contributed by atoms with Gasteiger partial charge in [-0.2, -0.15) is 0 Å². The number of fused-ring (bicyclic) bond motifs is 1. The summed E-state index contributed by atoms with van der Waals surface area (Å²) in [6, 6.07) is 23.5. The summed E-state index contributed by atoms with van der Waals surface area (Å²) in [5.41, 5.74) is 3.79. The first-order valence-electron chi connectivity index (χ1n) is 14.8. The van der Waals surface area contributed by atoms with Crippen LogP contribution in [0.4, 0.5) is 26.4 Å². The zero-order valence-electron chi connectivity index (χ0n) is 26.1. The lowest BCUT2D eigenvalue weighted by Gasteiger charge is -2.39. The molecule has 1 aromatic heterocycles. The number of methoxy groups -OCH3 is 3. The molecule has 0 spiro atoms. The average molecular weight is 658 g/mol. The van der Waals surface area contributed by atoms with Crippen molar-refractivity contribution >= 4 is 45.8 Å². The van der Waals surface area contributed by atoms with E-state index in [4.69, 9.17) is 30.5 Å². The van der Waals surface area contributed by atoms with Gasteiger partial charge in [0.15, 0.2) is 11.5 Å². The van der Waals surface area contributed by atoms with Crippen LogP contribution in [0.25, 0.3) is 10.9 Å². The third-order valence-electron chi connectivity index (χ3n) is 7.90. The highest BCUT2D eigenvalue weighted by atomic mass is 35.5. The lowest BCUT2D eigenvalue weighted by Crippen LogP contribution is -2.57. The number of likely N-dealkylation sites (tertiary alicyclic amines) is 1. The average Bonchev–Trinajstić information content (AvgIpc) is 3.08. The van der Waals surface area contributed by atoms with Crippen LogP contribution in [0.5, 0.6) is 17.2 Å². The molecule has 1 fully saturated rings. The smallest absolute Gasteiger partial charge is 0.410 e. The molecule has 1 aliphatic heterocycles. The zero-order chi connectivity index (χ0) is 32.9. The van der Waals surface area contributed by atoms with Crippen molar-refractivity contribution in [2.45, 2.75) is 19.2 Å². The highest BCUT2D eigenvalue weighted by Crippen LogP contribution is 2.39. The van der Waals surface area contributed by atoms with Crippen LogP contribution in [0.15, 0.2) is 85.2 Å². The summed E-state index contributed by atoms with van der Waals surface area (Å²) in [5, 5.41) is 4.20. The van der Waals surface area contributed by atoms with Crippen LogP contribution in [0.1, 0.15) is 11.1 Å². The molecular formula is C35H33ClFN5O5. The van der Waals surface area contributed by atoms with Gasteiger partial charge in [-0.05, 0) is 47.5 Å². The molecule has 0 unspecified atom stereocenters. The normalized spacial score (nSPS) is 12.7. The molecule has 0 atom stereocenters. The number of hydrogen-bond donors (Lipinski definition) is 1. The van der Waals surface area contributed by atoms with E-state index in [1.807, 2.05) is 65.6 Å². The fourth-order valence-corrected chi connectivity index (χ4v) is 5.59. The van der Waals surface area contributed by atoms with Crippen LogP contribution in [-0.2, 0) is 17.9 Å². The molecule has 10 nitrogen and oxygen atoms in total. The molecule has 5 aromatic rings.